The number of alkyl halides is 3. The number of carbonyl (C=O) groups excluding carboxylic acids is 1. The summed E-state index contributed by atoms with van der Waals surface area (Å²) >= 11 is 0. The molecule has 0 spiro atoms. The van der Waals surface area contributed by atoms with Gasteiger partial charge in [0.1, 0.15) is 0 Å². The molecule has 3 rings (SSSR count). The van der Waals surface area contributed by atoms with Crippen molar-refractivity contribution in [3.8, 4) is 0 Å². The van der Waals surface area contributed by atoms with Crippen molar-refractivity contribution >= 4 is 5.91 Å². The van der Waals surface area contributed by atoms with Gasteiger partial charge in [0.25, 0.3) is 0 Å². The minimum absolute atomic E-state index is 0.0952. The number of halogens is 3. The summed E-state index contributed by atoms with van der Waals surface area (Å²) in [4.78, 5) is 12.3. The Morgan fingerprint density at radius 2 is 1.96 bits per heavy atom. The molecule has 3 atom stereocenters. The summed E-state index contributed by atoms with van der Waals surface area (Å²) in [5, 5.41) is 6.00. The van der Waals surface area contributed by atoms with E-state index in [1.807, 2.05) is 0 Å². The number of rotatable bonds is 3. The van der Waals surface area contributed by atoms with Gasteiger partial charge in [-0.1, -0.05) is 31.0 Å². The highest BCUT2D eigenvalue weighted by atomic mass is 19.4. The molecule has 1 aromatic carbocycles. The number of benzene rings is 1. The molecule has 23 heavy (non-hydrogen) atoms. The van der Waals surface area contributed by atoms with Crippen molar-refractivity contribution in [2.75, 3.05) is 0 Å². The highest BCUT2D eigenvalue weighted by Crippen LogP contribution is 2.34. The van der Waals surface area contributed by atoms with E-state index in [9.17, 15) is 18.0 Å². The van der Waals surface area contributed by atoms with Gasteiger partial charge >= 0.3 is 6.18 Å². The third-order valence-corrected chi connectivity index (χ3v) is 4.96. The maximum absolute atomic E-state index is 12.9. The summed E-state index contributed by atoms with van der Waals surface area (Å²) in [5.74, 6) is 0.332. The van der Waals surface area contributed by atoms with Crippen LogP contribution in [0.2, 0.25) is 0 Å². The van der Waals surface area contributed by atoms with Crippen LogP contribution in [0.3, 0.4) is 0 Å². The average molecular weight is 326 g/mol. The van der Waals surface area contributed by atoms with E-state index in [1.54, 1.807) is 6.07 Å². The number of nitrogens with one attached hydrogen (secondary N) is 2. The third kappa shape index (κ3) is 3.68. The normalized spacial score (nSPS) is 27.5. The molecule has 2 fully saturated rings. The second kappa shape index (κ2) is 6.51. The molecule has 1 aliphatic heterocycles. The van der Waals surface area contributed by atoms with Crippen LogP contribution < -0.4 is 10.6 Å². The second-order valence-electron chi connectivity index (χ2n) is 6.48. The van der Waals surface area contributed by atoms with Crippen LogP contribution in [-0.4, -0.2) is 18.0 Å². The number of hydrogen-bond donors (Lipinski definition) is 2. The molecule has 1 amide bonds. The van der Waals surface area contributed by atoms with Gasteiger partial charge in [-0.2, -0.15) is 13.2 Å². The molecule has 1 heterocycles. The van der Waals surface area contributed by atoms with Crippen molar-refractivity contribution in [2.24, 2.45) is 5.92 Å². The monoisotopic (exact) mass is 326 g/mol. The van der Waals surface area contributed by atoms with Crippen molar-refractivity contribution in [2.45, 2.75) is 56.9 Å². The van der Waals surface area contributed by atoms with E-state index in [2.05, 4.69) is 10.6 Å². The van der Waals surface area contributed by atoms with Gasteiger partial charge in [-0.15, -0.1) is 0 Å². The zero-order valence-corrected chi connectivity index (χ0v) is 12.8. The van der Waals surface area contributed by atoms with Crippen molar-refractivity contribution in [3.63, 3.8) is 0 Å². The molecular weight excluding hydrogens is 305 g/mol. The minimum atomic E-state index is -4.40. The zero-order valence-electron chi connectivity index (χ0n) is 12.8. The maximum Gasteiger partial charge on any atom is 0.416 e. The van der Waals surface area contributed by atoms with Gasteiger partial charge in [0.2, 0.25) is 5.91 Å². The van der Waals surface area contributed by atoms with Crippen molar-refractivity contribution in [3.05, 3.63) is 35.4 Å². The third-order valence-electron chi connectivity index (χ3n) is 4.96. The molecule has 3 nitrogen and oxygen atoms in total. The Bertz CT molecular complexity index is 559. The first-order valence-corrected chi connectivity index (χ1v) is 8.14. The average Bonchev–Trinajstić information content (AvgIpc) is 2.96. The Labute approximate surface area is 133 Å². The quantitative estimate of drug-likeness (QED) is 0.895. The fraction of sp³-hybridized carbons (Fsp3) is 0.588. The van der Waals surface area contributed by atoms with E-state index in [1.165, 1.54) is 25.0 Å². The standard InChI is InChI=1S/C17H21F3N2O/c18-17(19,20)13-7-3-1-6-12(13)10-21-16(23)15-9-11-5-2-4-8-14(11)22-15/h1,3,6-7,11,14-15,22H,2,4-5,8-10H2,(H,21,23). The van der Waals surface area contributed by atoms with Crippen molar-refractivity contribution in [1.29, 1.82) is 0 Å². The van der Waals surface area contributed by atoms with E-state index < -0.39 is 11.7 Å². The van der Waals surface area contributed by atoms with Crippen molar-refractivity contribution < 1.29 is 18.0 Å². The predicted octanol–water partition coefficient (Wildman–Crippen LogP) is 3.24. The van der Waals surface area contributed by atoms with Gasteiger partial charge in [-0.3, -0.25) is 4.79 Å². The predicted molar refractivity (Wildman–Crippen MR) is 80.6 cm³/mol. The molecule has 0 bridgehead atoms. The van der Waals surface area contributed by atoms with E-state index in [4.69, 9.17) is 0 Å². The lowest BCUT2D eigenvalue weighted by Gasteiger charge is -2.24. The summed E-state index contributed by atoms with van der Waals surface area (Å²) in [6.45, 7) is -0.0952. The first-order valence-electron chi connectivity index (χ1n) is 8.14. The van der Waals surface area contributed by atoms with Crippen LogP contribution in [0, 0.1) is 5.92 Å². The smallest absolute Gasteiger partial charge is 0.351 e. The summed E-state index contributed by atoms with van der Waals surface area (Å²) in [5.41, 5.74) is -0.586. The molecule has 0 aromatic heterocycles. The molecule has 0 radical (unpaired) electrons. The van der Waals surface area contributed by atoms with Gasteiger partial charge in [0.15, 0.2) is 0 Å². The van der Waals surface area contributed by atoms with Gasteiger partial charge < -0.3 is 10.6 Å². The Morgan fingerprint density at radius 1 is 1.22 bits per heavy atom. The van der Waals surface area contributed by atoms with Crippen LogP contribution in [0.1, 0.15) is 43.2 Å². The molecular formula is C17H21F3N2O. The van der Waals surface area contributed by atoms with Crippen LogP contribution in [0.25, 0.3) is 0 Å². The largest absolute Gasteiger partial charge is 0.416 e. The number of fused-ring (bicyclic) bond motifs is 1. The summed E-state index contributed by atoms with van der Waals surface area (Å²) in [6.07, 6.45) is 1.00. The molecule has 2 N–H and O–H groups in total. The number of carbonyl (C=O) groups is 1. The number of hydrogen-bond acceptors (Lipinski definition) is 2. The zero-order chi connectivity index (χ0) is 16.4. The maximum atomic E-state index is 12.9. The summed E-state index contributed by atoms with van der Waals surface area (Å²) in [6, 6.07) is 5.48. The SMILES string of the molecule is O=C(NCc1ccccc1C(F)(F)F)C1CC2CCCCC2N1. The Morgan fingerprint density at radius 3 is 2.70 bits per heavy atom. The minimum Gasteiger partial charge on any atom is -0.351 e. The summed E-state index contributed by atoms with van der Waals surface area (Å²) in [7, 11) is 0. The summed E-state index contributed by atoms with van der Waals surface area (Å²) < 4.78 is 38.8. The lowest BCUT2D eigenvalue weighted by Crippen LogP contribution is -2.43. The molecule has 1 aliphatic carbocycles. The van der Waals surface area contributed by atoms with Gasteiger partial charge in [-0.05, 0) is 36.8 Å². The Balaban J connectivity index is 1.60. The Hall–Kier alpha value is -1.56. The van der Waals surface area contributed by atoms with E-state index in [-0.39, 0.29) is 24.1 Å². The van der Waals surface area contributed by atoms with E-state index >= 15 is 0 Å². The first kappa shape index (κ1) is 16.3. The molecule has 1 saturated heterocycles. The molecule has 1 saturated carbocycles. The Kier molecular flexibility index (Phi) is 4.62. The topological polar surface area (TPSA) is 41.1 Å². The van der Waals surface area contributed by atoms with Gasteiger partial charge in [0.05, 0.1) is 11.6 Å². The van der Waals surface area contributed by atoms with Crippen LogP contribution in [0.15, 0.2) is 24.3 Å². The highest BCUT2D eigenvalue weighted by Gasteiger charge is 2.38. The van der Waals surface area contributed by atoms with Crippen LogP contribution >= 0.6 is 0 Å². The highest BCUT2D eigenvalue weighted by molar-refractivity contribution is 5.82. The van der Waals surface area contributed by atoms with Crippen LogP contribution in [-0.2, 0) is 17.5 Å². The van der Waals surface area contributed by atoms with Crippen LogP contribution in [0.5, 0.6) is 0 Å². The lowest BCUT2D eigenvalue weighted by atomic mass is 9.85. The van der Waals surface area contributed by atoms with Crippen LogP contribution in [0.4, 0.5) is 13.2 Å². The van der Waals surface area contributed by atoms with E-state index in [0.717, 1.165) is 25.3 Å². The molecule has 1 aromatic rings. The fourth-order valence-electron chi connectivity index (χ4n) is 3.78. The molecule has 3 unspecified atom stereocenters. The molecule has 2 aliphatic rings. The molecule has 6 heteroatoms. The number of amides is 1. The van der Waals surface area contributed by atoms with Gasteiger partial charge in [0, 0.05) is 12.6 Å². The second-order valence-corrected chi connectivity index (χ2v) is 6.48. The lowest BCUT2D eigenvalue weighted by molar-refractivity contribution is -0.138. The van der Waals surface area contributed by atoms with Crippen molar-refractivity contribution in [1.82, 2.24) is 10.6 Å². The first-order chi connectivity index (χ1) is 10.9. The molecule has 126 valence electrons. The van der Waals surface area contributed by atoms with E-state index in [0.29, 0.717) is 12.0 Å². The fourth-order valence-corrected chi connectivity index (χ4v) is 3.78. The van der Waals surface area contributed by atoms with Gasteiger partial charge in [-0.25, -0.2) is 0 Å².